The maximum absolute atomic E-state index is 13.3. The zero-order valence-electron chi connectivity index (χ0n) is 11.5. The van der Waals surface area contributed by atoms with Crippen molar-refractivity contribution in [2.75, 3.05) is 18.5 Å². The molecule has 3 nitrogen and oxygen atoms in total. The fourth-order valence-corrected chi connectivity index (χ4v) is 2.52. The van der Waals surface area contributed by atoms with Crippen LogP contribution in [-0.2, 0) is 0 Å². The van der Waals surface area contributed by atoms with Gasteiger partial charge < -0.3 is 14.8 Å². The highest BCUT2D eigenvalue weighted by Gasteiger charge is 2.14. The lowest BCUT2D eigenvalue weighted by Crippen LogP contribution is -2.16. The number of anilines is 1. The second-order valence-corrected chi connectivity index (χ2v) is 5.36. The highest BCUT2D eigenvalue weighted by molar-refractivity contribution is 6.30. The molecule has 2 aromatic carbocycles. The van der Waals surface area contributed by atoms with Crippen molar-refractivity contribution in [3.63, 3.8) is 0 Å². The van der Waals surface area contributed by atoms with Crippen molar-refractivity contribution in [3.8, 4) is 11.5 Å². The summed E-state index contributed by atoms with van der Waals surface area (Å²) >= 11 is 5.86. The van der Waals surface area contributed by atoms with Gasteiger partial charge in [0.05, 0.1) is 0 Å². The summed E-state index contributed by atoms with van der Waals surface area (Å²) in [4.78, 5) is 0. The van der Waals surface area contributed by atoms with Crippen molar-refractivity contribution in [2.45, 2.75) is 13.0 Å². The molecule has 0 radical (unpaired) electrons. The molecule has 1 atom stereocenters. The molecule has 0 fully saturated rings. The molecule has 1 unspecified atom stereocenters. The zero-order chi connectivity index (χ0) is 14.8. The van der Waals surface area contributed by atoms with E-state index in [1.807, 2.05) is 25.1 Å². The van der Waals surface area contributed by atoms with Gasteiger partial charge >= 0.3 is 0 Å². The SMILES string of the molecule is CC(Nc1cc(F)cc(Cl)c1)c1ccc2c(c1)OCCO2. The summed E-state index contributed by atoms with van der Waals surface area (Å²) < 4.78 is 24.4. The fraction of sp³-hybridized carbons (Fsp3) is 0.250. The van der Waals surface area contributed by atoms with Gasteiger partial charge in [-0.15, -0.1) is 0 Å². The van der Waals surface area contributed by atoms with Gasteiger partial charge in [-0.3, -0.25) is 0 Å². The van der Waals surface area contributed by atoms with Crippen LogP contribution in [0.3, 0.4) is 0 Å². The molecular formula is C16H15ClFNO2. The zero-order valence-corrected chi connectivity index (χ0v) is 12.3. The molecule has 110 valence electrons. The first kappa shape index (κ1) is 14.0. The van der Waals surface area contributed by atoms with Crippen molar-refractivity contribution in [1.82, 2.24) is 0 Å². The Hall–Kier alpha value is -1.94. The molecule has 1 aliphatic rings. The molecule has 0 spiro atoms. The quantitative estimate of drug-likeness (QED) is 0.910. The Balaban J connectivity index is 1.80. The first-order valence-electron chi connectivity index (χ1n) is 6.74. The van der Waals surface area contributed by atoms with Gasteiger partial charge in [0, 0.05) is 16.8 Å². The van der Waals surface area contributed by atoms with Crippen LogP contribution in [0.5, 0.6) is 11.5 Å². The minimum absolute atomic E-state index is 0.0151. The molecule has 0 bridgehead atoms. The number of benzene rings is 2. The van der Waals surface area contributed by atoms with E-state index in [9.17, 15) is 4.39 Å². The van der Waals surface area contributed by atoms with Crippen LogP contribution in [0.4, 0.5) is 10.1 Å². The van der Waals surface area contributed by atoms with E-state index in [1.54, 1.807) is 6.07 Å². The number of nitrogens with one attached hydrogen (secondary N) is 1. The summed E-state index contributed by atoms with van der Waals surface area (Å²) in [7, 11) is 0. The third kappa shape index (κ3) is 3.22. The molecular weight excluding hydrogens is 293 g/mol. The molecule has 5 heteroatoms. The first-order chi connectivity index (χ1) is 10.1. The van der Waals surface area contributed by atoms with Crippen LogP contribution in [0.25, 0.3) is 0 Å². The van der Waals surface area contributed by atoms with Crippen molar-refractivity contribution in [2.24, 2.45) is 0 Å². The van der Waals surface area contributed by atoms with Gasteiger partial charge in [-0.25, -0.2) is 4.39 Å². The third-order valence-electron chi connectivity index (χ3n) is 3.31. The number of hydrogen-bond acceptors (Lipinski definition) is 3. The standard InChI is InChI=1S/C16H15ClFNO2/c1-10(19-14-8-12(17)7-13(18)9-14)11-2-3-15-16(6-11)21-5-4-20-15/h2-3,6-10,19H,4-5H2,1H3. The minimum Gasteiger partial charge on any atom is -0.486 e. The van der Waals surface area contributed by atoms with Crippen molar-refractivity contribution < 1.29 is 13.9 Å². The van der Waals surface area contributed by atoms with Gasteiger partial charge in [-0.05, 0) is 42.8 Å². The molecule has 21 heavy (non-hydrogen) atoms. The third-order valence-corrected chi connectivity index (χ3v) is 3.53. The Bertz CT molecular complexity index is 642. The van der Waals surface area contributed by atoms with Gasteiger partial charge in [0.15, 0.2) is 11.5 Å². The molecule has 0 aliphatic carbocycles. The van der Waals surface area contributed by atoms with Crippen LogP contribution >= 0.6 is 11.6 Å². The molecule has 0 aromatic heterocycles. The molecule has 0 saturated heterocycles. The minimum atomic E-state index is -0.362. The molecule has 3 rings (SSSR count). The van der Waals surface area contributed by atoms with Gasteiger partial charge in [0.25, 0.3) is 0 Å². The first-order valence-corrected chi connectivity index (χ1v) is 7.12. The Morgan fingerprint density at radius 3 is 2.62 bits per heavy atom. The lowest BCUT2D eigenvalue weighted by molar-refractivity contribution is 0.171. The molecule has 2 aromatic rings. The molecule has 0 saturated carbocycles. The van der Waals surface area contributed by atoms with Crippen molar-refractivity contribution >= 4 is 17.3 Å². The Morgan fingerprint density at radius 1 is 1.10 bits per heavy atom. The normalized spacial score (nSPS) is 14.6. The predicted octanol–water partition coefficient (Wildman–Crippen LogP) is 4.42. The summed E-state index contributed by atoms with van der Waals surface area (Å²) in [6.45, 7) is 3.12. The number of halogens is 2. The van der Waals surface area contributed by atoms with E-state index in [2.05, 4.69) is 5.32 Å². The van der Waals surface area contributed by atoms with Crippen LogP contribution in [-0.4, -0.2) is 13.2 Å². The van der Waals surface area contributed by atoms with Crippen molar-refractivity contribution in [3.05, 3.63) is 52.8 Å². The summed E-state index contributed by atoms with van der Waals surface area (Å²) in [6, 6.07) is 10.2. The topological polar surface area (TPSA) is 30.5 Å². The number of hydrogen-bond donors (Lipinski definition) is 1. The van der Waals surface area contributed by atoms with E-state index in [-0.39, 0.29) is 11.9 Å². The monoisotopic (exact) mass is 307 g/mol. The highest BCUT2D eigenvalue weighted by atomic mass is 35.5. The maximum atomic E-state index is 13.3. The van der Waals surface area contributed by atoms with Crippen LogP contribution in [0.1, 0.15) is 18.5 Å². The van der Waals surface area contributed by atoms with E-state index in [0.29, 0.717) is 23.9 Å². The second-order valence-electron chi connectivity index (χ2n) is 4.93. The molecule has 0 amide bonds. The van der Waals surface area contributed by atoms with Crippen LogP contribution < -0.4 is 14.8 Å². The summed E-state index contributed by atoms with van der Waals surface area (Å²) in [5, 5.41) is 3.59. The average molecular weight is 308 g/mol. The van der Waals surface area contributed by atoms with Crippen LogP contribution in [0.2, 0.25) is 5.02 Å². The number of fused-ring (bicyclic) bond motifs is 1. The maximum Gasteiger partial charge on any atom is 0.161 e. The molecule has 1 heterocycles. The van der Waals surface area contributed by atoms with Crippen LogP contribution in [0.15, 0.2) is 36.4 Å². The van der Waals surface area contributed by atoms with Crippen molar-refractivity contribution in [1.29, 1.82) is 0 Å². The van der Waals surface area contributed by atoms with E-state index < -0.39 is 0 Å². The molecule has 1 N–H and O–H groups in total. The number of rotatable bonds is 3. The van der Waals surface area contributed by atoms with E-state index >= 15 is 0 Å². The largest absolute Gasteiger partial charge is 0.486 e. The van der Waals surface area contributed by atoms with Gasteiger partial charge in [-0.1, -0.05) is 17.7 Å². The Kier molecular flexibility index (Phi) is 3.88. The number of ether oxygens (including phenoxy) is 2. The summed E-state index contributed by atoms with van der Waals surface area (Å²) in [5.41, 5.74) is 1.67. The lowest BCUT2D eigenvalue weighted by Gasteiger charge is -2.21. The van der Waals surface area contributed by atoms with Gasteiger partial charge in [0.2, 0.25) is 0 Å². The summed E-state index contributed by atoms with van der Waals surface area (Å²) in [5.74, 6) is 1.13. The lowest BCUT2D eigenvalue weighted by atomic mass is 10.1. The van der Waals surface area contributed by atoms with Crippen LogP contribution in [0, 0.1) is 5.82 Å². The molecule has 1 aliphatic heterocycles. The van der Waals surface area contributed by atoms with Gasteiger partial charge in [0.1, 0.15) is 19.0 Å². The Labute approximate surface area is 127 Å². The summed E-state index contributed by atoms with van der Waals surface area (Å²) in [6.07, 6.45) is 0. The van der Waals surface area contributed by atoms with E-state index in [0.717, 1.165) is 17.1 Å². The predicted molar refractivity (Wildman–Crippen MR) is 80.9 cm³/mol. The van der Waals surface area contributed by atoms with Gasteiger partial charge in [-0.2, -0.15) is 0 Å². The smallest absolute Gasteiger partial charge is 0.161 e. The van der Waals surface area contributed by atoms with E-state index in [1.165, 1.54) is 12.1 Å². The second kappa shape index (κ2) is 5.82. The fourth-order valence-electron chi connectivity index (χ4n) is 2.30. The van der Waals surface area contributed by atoms with E-state index in [4.69, 9.17) is 21.1 Å². The Morgan fingerprint density at radius 2 is 1.86 bits per heavy atom. The highest BCUT2D eigenvalue weighted by Crippen LogP contribution is 2.33. The average Bonchev–Trinajstić information content (AvgIpc) is 2.45.